The van der Waals surface area contributed by atoms with Crippen molar-refractivity contribution in [3.05, 3.63) is 0 Å². The van der Waals surface area contributed by atoms with E-state index in [0.29, 0.717) is 13.0 Å². The Kier molecular flexibility index (Phi) is 4.60. The summed E-state index contributed by atoms with van der Waals surface area (Å²) in [6.07, 6.45) is 6.81. The molecule has 1 amide bonds. The molecule has 0 bridgehead atoms. The molecule has 0 aliphatic carbocycles. The van der Waals surface area contributed by atoms with Crippen molar-refractivity contribution >= 4 is 5.91 Å². The largest absolute Gasteiger partial charge is 0.317 e. The first-order valence-electron chi connectivity index (χ1n) is 6.50. The van der Waals surface area contributed by atoms with E-state index in [-0.39, 0.29) is 5.91 Å². The number of carbonyl (C=O) groups is 1. The molecule has 2 fully saturated rings. The van der Waals surface area contributed by atoms with Gasteiger partial charge in [-0.15, -0.1) is 0 Å². The van der Waals surface area contributed by atoms with Crippen LogP contribution in [0.5, 0.6) is 0 Å². The van der Waals surface area contributed by atoms with Gasteiger partial charge in [-0.1, -0.05) is 12.8 Å². The Bertz CT molecular complexity index is 227. The van der Waals surface area contributed by atoms with Crippen LogP contribution < -0.4 is 5.32 Å². The van der Waals surface area contributed by atoms with Gasteiger partial charge < -0.3 is 5.32 Å². The summed E-state index contributed by atoms with van der Waals surface area (Å²) < 4.78 is 0. The lowest BCUT2D eigenvalue weighted by molar-refractivity contribution is -0.161. The molecule has 0 unspecified atom stereocenters. The van der Waals surface area contributed by atoms with E-state index in [2.05, 4.69) is 5.32 Å². The van der Waals surface area contributed by atoms with Crippen molar-refractivity contribution in [2.45, 2.75) is 38.5 Å². The average molecular weight is 226 g/mol. The van der Waals surface area contributed by atoms with E-state index < -0.39 is 0 Å². The number of hydroxylamine groups is 2. The van der Waals surface area contributed by atoms with Crippen LogP contribution >= 0.6 is 0 Å². The molecule has 16 heavy (non-hydrogen) atoms. The first-order valence-corrected chi connectivity index (χ1v) is 6.50. The maximum atomic E-state index is 11.3. The van der Waals surface area contributed by atoms with Crippen molar-refractivity contribution in [2.75, 3.05) is 26.2 Å². The monoisotopic (exact) mass is 226 g/mol. The van der Waals surface area contributed by atoms with Crippen molar-refractivity contribution in [1.82, 2.24) is 10.4 Å². The second-order valence-electron chi connectivity index (χ2n) is 4.77. The fourth-order valence-electron chi connectivity index (χ4n) is 2.49. The third-order valence-corrected chi connectivity index (χ3v) is 3.52. The van der Waals surface area contributed by atoms with E-state index >= 15 is 0 Å². The third-order valence-electron chi connectivity index (χ3n) is 3.52. The molecule has 92 valence electrons. The molecule has 2 heterocycles. The van der Waals surface area contributed by atoms with Crippen LogP contribution in [0.1, 0.15) is 38.5 Å². The zero-order valence-electron chi connectivity index (χ0n) is 9.91. The van der Waals surface area contributed by atoms with E-state index in [1.807, 2.05) is 0 Å². The van der Waals surface area contributed by atoms with E-state index in [9.17, 15) is 4.79 Å². The first kappa shape index (κ1) is 11.9. The molecular weight excluding hydrogens is 204 g/mol. The van der Waals surface area contributed by atoms with E-state index in [0.717, 1.165) is 18.9 Å². The Morgan fingerprint density at radius 1 is 1.31 bits per heavy atom. The molecule has 2 aliphatic rings. The van der Waals surface area contributed by atoms with Crippen LogP contribution in [0.25, 0.3) is 0 Å². The quantitative estimate of drug-likeness (QED) is 0.719. The molecule has 2 saturated heterocycles. The first-order chi connectivity index (χ1) is 7.86. The van der Waals surface area contributed by atoms with Gasteiger partial charge in [0.2, 0.25) is 5.91 Å². The Morgan fingerprint density at radius 3 is 2.81 bits per heavy atom. The molecular formula is C12H22N2O2. The van der Waals surface area contributed by atoms with Gasteiger partial charge in [0.1, 0.15) is 0 Å². The predicted octanol–water partition coefficient (Wildman–Crippen LogP) is 1.32. The molecule has 0 aromatic heterocycles. The number of amides is 1. The molecule has 4 heteroatoms. The van der Waals surface area contributed by atoms with Crippen LogP contribution in [-0.2, 0) is 9.63 Å². The zero-order valence-corrected chi connectivity index (χ0v) is 9.91. The van der Waals surface area contributed by atoms with Crippen molar-refractivity contribution in [3.8, 4) is 0 Å². The minimum Gasteiger partial charge on any atom is -0.317 e. The Hall–Kier alpha value is -0.610. The lowest BCUT2D eigenvalue weighted by atomic mass is 9.92. The van der Waals surface area contributed by atoms with Crippen LogP contribution in [0.2, 0.25) is 0 Å². The minimum absolute atomic E-state index is 0.155. The van der Waals surface area contributed by atoms with E-state index in [1.54, 1.807) is 5.06 Å². The molecule has 0 saturated carbocycles. The van der Waals surface area contributed by atoms with Crippen molar-refractivity contribution in [1.29, 1.82) is 0 Å². The lowest BCUT2D eigenvalue weighted by Crippen LogP contribution is -2.28. The van der Waals surface area contributed by atoms with Crippen LogP contribution in [0.15, 0.2) is 0 Å². The summed E-state index contributed by atoms with van der Waals surface area (Å²) in [5.41, 5.74) is 0. The highest BCUT2D eigenvalue weighted by Gasteiger charge is 2.20. The second-order valence-corrected chi connectivity index (χ2v) is 4.77. The third kappa shape index (κ3) is 3.46. The van der Waals surface area contributed by atoms with Crippen molar-refractivity contribution < 1.29 is 9.63 Å². The van der Waals surface area contributed by atoms with Crippen LogP contribution in [0.3, 0.4) is 0 Å². The maximum Gasteiger partial charge on any atom is 0.248 e. The standard InChI is InChI=1S/C12H22N2O2/c15-12-6-10-16-14(12)9-2-1-3-11-4-7-13-8-5-11/h11,13H,1-10H2. The van der Waals surface area contributed by atoms with Crippen molar-refractivity contribution in [2.24, 2.45) is 5.92 Å². The number of hydrogen-bond acceptors (Lipinski definition) is 3. The highest BCUT2D eigenvalue weighted by Crippen LogP contribution is 2.19. The summed E-state index contributed by atoms with van der Waals surface area (Å²) in [6.45, 7) is 3.72. The minimum atomic E-state index is 0.155. The van der Waals surface area contributed by atoms with Gasteiger partial charge in [0.25, 0.3) is 0 Å². The van der Waals surface area contributed by atoms with Gasteiger partial charge in [-0.2, -0.15) is 0 Å². The summed E-state index contributed by atoms with van der Waals surface area (Å²) >= 11 is 0. The van der Waals surface area contributed by atoms with Gasteiger partial charge in [-0.05, 0) is 38.3 Å². The number of nitrogens with one attached hydrogen (secondary N) is 1. The van der Waals surface area contributed by atoms with Crippen LogP contribution in [0.4, 0.5) is 0 Å². The Balaban J connectivity index is 1.52. The normalized spacial score (nSPS) is 23.0. The summed E-state index contributed by atoms with van der Waals surface area (Å²) in [4.78, 5) is 16.5. The number of piperidine rings is 1. The highest BCUT2D eigenvalue weighted by atomic mass is 16.7. The summed E-state index contributed by atoms with van der Waals surface area (Å²) in [5.74, 6) is 1.05. The molecule has 2 aliphatic heterocycles. The highest BCUT2D eigenvalue weighted by molar-refractivity contribution is 5.76. The van der Waals surface area contributed by atoms with E-state index in [1.165, 1.54) is 38.8 Å². The van der Waals surface area contributed by atoms with Crippen LogP contribution in [0, 0.1) is 5.92 Å². The van der Waals surface area contributed by atoms with Gasteiger partial charge in [0, 0.05) is 6.54 Å². The SMILES string of the molecule is O=C1CCON1CCCCC1CCNCC1. The molecule has 0 radical (unpaired) electrons. The summed E-state index contributed by atoms with van der Waals surface area (Å²) in [6, 6.07) is 0. The molecule has 1 N–H and O–H groups in total. The van der Waals surface area contributed by atoms with E-state index in [4.69, 9.17) is 4.84 Å². The van der Waals surface area contributed by atoms with Gasteiger partial charge in [-0.25, -0.2) is 5.06 Å². The molecule has 0 spiro atoms. The number of carbonyl (C=O) groups excluding carboxylic acids is 1. The van der Waals surface area contributed by atoms with Gasteiger partial charge in [-0.3, -0.25) is 9.63 Å². The van der Waals surface area contributed by atoms with Crippen LogP contribution in [-0.4, -0.2) is 37.2 Å². The fraction of sp³-hybridized carbons (Fsp3) is 0.917. The maximum absolute atomic E-state index is 11.3. The number of nitrogens with zero attached hydrogens (tertiary/aromatic N) is 1. The molecule has 2 rings (SSSR count). The average Bonchev–Trinajstić information content (AvgIpc) is 2.72. The summed E-state index contributed by atoms with van der Waals surface area (Å²) in [5, 5.41) is 4.93. The van der Waals surface area contributed by atoms with Gasteiger partial charge in [0.15, 0.2) is 0 Å². The zero-order chi connectivity index (χ0) is 11.2. The topological polar surface area (TPSA) is 41.6 Å². The van der Waals surface area contributed by atoms with Crippen molar-refractivity contribution in [3.63, 3.8) is 0 Å². The second kappa shape index (κ2) is 6.21. The Morgan fingerprint density at radius 2 is 2.12 bits per heavy atom. The predicted molar refractivity (Wildman–Crippen MR) is 61.7 cm³/mol. The molecule has 0 aromatic rings. The number of unbranched alkanes of at least 4 members (excludes halogenated alkanes) is 1. The molecule has 0 atom stereocenters. The Labute approximate surface area is 97.3 Å². The lowest BCUT2D eigenvalue weighted by Gasteiger charge is -2.22. The smallest absolute Gasteiger partial charge is 0.248 e. The fourth-order valence-corrected chi connectivity index (χ4v) is 2.49. The molecule has 0 aromatic carbocycles. The summed E-state index contributed by atoms with van der Waals surface area (Å²) in [7, 11) is 0. The molecule has 4 nitrogen and oxygen atoms in total. The number of hydrogen-bond donors (Lipinski definition) is 1. The van der Waals surface area contributed by atoms with Gasteiger partial charge >= 0.3 is 0 Å². The van der Waals surface area contributed by atoms with Gasteiger partial charge in [0.05, 0.1) is 13.0 Å². The number of rotatable bonds is 5.